The maximum Gasteiger partial charge on any atom is 0.339 e. The Hall–Kier alpha value is -2.40. The van der Waals surface area contributed by atoms with Crippen LogP contribution in [0.3, 0.4) is 0 Å². The van der Waals surface area contributed by atoms with Gasteiger partial charge in [0.1, 0.15) is 11.3 Å². The Morgan fingerprint density at radius 3 is 2.36 bits per heavy atom. The minimum absolute atomic E-state index is 0.0803. The Balaban J connectivity index is 1.88. The molecular weight excluding hydrogens is 384 g/mol. The number of carbonyl (C=O) groups is 1. The highest BCUT2D eigenvalue weighted by Gasteiger charge is 2.14. The number of hydrogen-bond donors (Lipinski definition) is 0. The molecule has 0 aliphatic heterocycles. The van der Waals surface area contributed by atoms with Crippen LogP contribution in [0, 0.1) is 20.8 Å². The number of ketones is 1. The van der Waals surface area contributed by atoms with Crippen molar-refractivity contribution >= 4 is 32.7 Å². The molecule has 0 bridgehead atoms. The molecule has 0 radical (unpaired) electrons. The molecule has 0 amide bonds. The van der Waals surface area contributed by atoms with Crippen LogP contribution in [0.2, 0.25) is 0 Å². The van der Waals surface area contributed by atoms with E-state index in [1.54, 1.807) is 25.1 Å². The minimum atomic E-state index is -0.351. The summed E-state index contributed by atoms with van der Waals surface area (Å²) in [5.41, 5.74) is 2.94. The molecule has 25 heavy (non-hydrogen) atoms. The number of hydrogen-bond acceptors (Lipinski definition) is 4. The molecule has 0 N–H and O–H groups in total. The van der Waals surface area contributed by atoms with Crippen LogP contribution in [0.5, 0.6) is 5.75 Å². The topological polar surface area (TPSA) is 56.5 Å². The molecule has 0 fully saturated rings. The van der Waals surface area contributed by atoms with Crippen LogP contribution >= 0.6 is 15.9 Å². The van der Waals surface area contributed by atoms with Gasteiger partial charge in [0.2, 0.25) is 0 Å². The standard InChI is InChI=1S/C20H17BrO4/c1-11-12(2)20(23)25-19-13(3)18(9-8-16(11)19)24-10-17(22)14-4-6-15(21)7-5-14/h4-9H,10H2,1-3H3. The predicted molar refractivity (Wildman–Crippen MR) is 101 cm³/mol. The number of Topliss-reactive ketones (excluding diaryl/α,β-unsaturated/α-hetero) is 1. The van der Waals surface area contributed by atoms with Gasteiger partial charge in [-0.15, -0.1) is 0 Å². The highest BCUT2D eigenvalue weighted by molar-refractivity contribution is 9.10. The Bertz CT molecular complexity index is 1020. The molecule has 5 heteroatoms. The van der Waals surface area contributed by atoms with Crippen molar-refractivity contribution < 1.29 is 13.9 Å². The van der Waals surface area contributed by atoms with Gasteiger partial charge in [-0.2, -0.15) is 0 Å². The molecular formula is C20H17BrO4. The number of benzene rings is 2. The maximum absolute atomic E-state index is 12.2. The van der Waals surface area contributed by atoms with Gasteiger partial charge in [-0.25, -0.2) is 4.79 Å². The molecule has 0 saturated carbocycles. The Kier molecular flexibility index (Phi) is 4.77. The van der Waals surface area contributed by atoms with Crippen molar-refractivity contribution in [3.63, 3.8) is 0 Å². The van der Waals surface area contributed by atoms with Crippen molar-refractivity contribution in [1.29, 1.82) is 0 Å². The molecule has 0 spiro atoms. The average molecular weight is 401 g/mol. The third-order valence-corrected chi connectivity index (χ3v) is 4.88. The average Bonchev–Trinajstić information content (AvgIpc) is 2.60. The third kappa shape index (κ3) is 3.37. The van der Waals surface area contributed by atoms with Gasteiger partial charge in [0.05, 0.1) is 0 Å². The Morgan fingerprint density at radius 1 is 1.00 bits per heavy atom. The lowest BCUT2D eigenvalue weighted by molar-refractivity contribution is 0.0921. The summed E-state index contributed by atoms with van der Waals surface area (Å²) in [6.07, 6.45) is 0. The fraction of sp³-hybridized carbons (Fsp3) is 0.200. The van der Waals surface area contributed by atoms with Gasteiger partial charge < -0.3 is 9.15 Å². The summed E-state index contributed by atoms with van der Waals surface area (Å²) < 4.78 is 12.0. The first-order chi connectivity index (χ1) is 11.9. The molecule has 4 nitrogen and oxygen atoms in total. The van der Waals surface area contributed by atoms with Crippen LogP contribution in [-0.4, -0.2) is 12.4 Å². The zero-order valence-electron chi connectivity index (χ0n) is 14.2. The van der Waals surface area contributed by atoms with Crippen molar-refractivity contribution in [2.24, 2.45) is 0 Å². The molecule has 0 aliphatic carbocycles. The predicted octanol–water partition coefficient (Wildman–Crippen LogP) is 4.74. The molecule has 1 aromatic heterocycles. The highest BCUT2D eigenvalue weighted by atomic mass is 79.9. The van der Waals surface area contributed by atoms with Gasteiger partial charge in [-0.3, -0.25) is 4.79 Å². The van der Waals surface area contributed by atoms with E-state index in [4.69, 9.17) is 9.15 Å². The summed E-state index contributed by atoms with van der Waals surface area (Å²) in [5, 5.41) is 0.876. The summed E-state index contributed by atoms with van der Waals surface area (Å²) in [4.78, 5) is 24.2. The zero-order chi connectivity index (χ0) is 18.1. The molecule has 2 aromatic carbocycles. The van der Waals surface area contributed by atoms with Gasteiger partial charge in [0.15, 0.2) is 12.4 Å². The first-order valence-electron chi connectivity index (χ1n) is 7.83. The molecule has 128 valence electrons. The highest BCUT2D eigenvalue weighted by Crippen LogP contribution is 2.29. The van der Waals surface area contributed by atoms with E-state index in [9.17, 15) is 9.59 Å². The monoisotopic (exact) mass is 400 g/mol. The summed E-state index contributed by atoms with van der Waals surface area (Å²) in [5.74, 6) is 0.415. The van der Waals surface area contributed by atoms with Crippen LogP contribution in [0.15, 0.2) is 50.1 Å². The lowest BCUT2D eigenvalue weighted by Crippen LogP contribution is -2.12. The van der Waals surface area contributed by atoms with E-state index in [0.717, 1.165) is 15.4 Å². The van der Waals surface area contributed by atoms with Gasteiger partial charge in [0, 0.05) is 26.5 Å². The smallest absolute Gasteiger partial charge is 0.339 e. The summed E-state index contributed by atoms with van der Waals surface area (Å²) in [6.45, 7) is 5.38. The van der Waals surface area contributed by atoms with Crippen LogP contribution in [0.1, 0.15) is 27.0 Å². The number of ether oxygens (including phenoxy) is 1. The fourth-order valence-electron chi connectivity index (χ4n) is 2.64. The number of halogens is 1. The first-order valence-corrected chi connectivity index (χ1v) is 8.63. The molecule has 1 heterocycles. The number of rotatable bonds is 4. The lowest BCUT2D eigenvalue weighted by Gasteiger charge is -2.12. The number of carbonyl (C=O) groups excluding carboxylic acids is 1. The molecule has 0 atom stereocenters. The quantitative estimate of drug-likeness (QED) is 0.468. The summed E-state index contributed by atoms with van der Waals surface area (Å²) in [6, 6.07) is 10.8. The SMILES string of the molecule is Cc1c(C)c2ccc(OCC(=O)c3ccc(Br)cc3)c(C)c2oc1=O. The van der Waals surface area contributed by atoms with E-state index in [1.807, 2.05) is 32.0 Å². The van der Waals surface area contributed by atoms with Gasteiger partial charge in [0.25, 0.3) is 0 Å². The van der Waals surface area contributed by atoms with Gasteiger partial charge in [-0.1, -0.05) is 28.1 Å². The van der Waals surface area contributed by atoms with Crippen LogP contribution in [-0.2, 0) is 0 Å². The van der Waals surface area contributed by atoms with Crippen molar-refractivity contribution in [2.75, 3.05) is 6.61 Å². The van der Waals surface area contributed by atoms with Crippen molar-refractivity contribution in [1.82, 2.24) is 0 Å². The molecule has 0 saturated heterocycles. The van der Waals surface area contributed by atoms with Crippen molar-refractivity contribution in [3.8, 4) is 5.75 Å². The molecule has 0 aliphatic rings. The molecule has 0 unspecified atom stereocenters. The third-order valence-electron chi connectivity index (χ3n) is 4.35. The summed E-state index contributed by atoms with van der Waals surface area (Å²) in [7, 11) is 0. The van der Waals surface area contributed by atoms with E-state index in [0.29, 0.717) is 28.0 Å². The molecule has 3 rings (SSSR count). The van der Waals surface area contributed by atoms with Crippen LogP contribution < -0.4 is 10.4 Å². The van der Waals surface area contributed by atoms with Crippen LogP contribution in [0.4, 0.5) is 0 Å². The number of fused-ring (bicyclic) bond motifs is 1. The van der Waals surface area contributed by atoms with E-state index in [2.05, 4.69) is 15.9 Å². The second-order valence-corrected chi connectivity index (χ2v) is 6.84. The maximum atomic E-state index is 12.2. The van der Waals surface area contributed by atoms with E-state index in [1.165, 1.54) is 0 Å². The number of aryl methyl sites for hydroxylation is 2. The fourth-order valence-corrected chi connectivity index (χ4v) is 2.91. The Morgan fingerprint density at radius 2 is 1.68 bits per heavy atom. The van der Waals surface area contributed by atoms with Gasteiger partial charge >= 0.3 is 5.63 Å². The second-order valence-electron chi connectivity index (χ2n) is 5.92. The van der Waals surface area contributed by atoms with E-state index < -0.39 is 0 Å². The van der Waals surface area contributed by atoms with E-state index >= 15 is 0 Å². The van der Waals surface area contributed by atoms with E-state index in [-0.39, 0.29) is 18.0 Å². The van der Waals surface area contributed by atoms with Gasteiger partial charge in [-0.05, 0) is 50.6 Å². The van der Waals surface area contributed by atoms with Crippen LogP contribution in [0.25, 0.3) is 11.0 Å². The summed E-state index contributed by atoms with van der Waals surface area (Å²) >= 11 is 3.34. The van der Waals surface area contributed by atoms with Crippen molar-refractivity contribution in [3.05, 3.63) is 73.5 Å². The first kappa shape index (κ1) is 17.4. The molecule has 3 aromatic rings. The normalized spacial score (nSPS) is 10.9. The lowest BCUT2D eigenvalue weighted by atomic mass is 10.0. The second kappa shape index (κ2) is 6.84. The largest absolute Gasteiger partial charge is 0.485 e. The Labute approximate surface area is 153 Å². The zero-order valence-corrected chi connectivity index (χ0v) is 15.8. The minimum Gasteiger partial charge on any atom is -0.485 e. The van der Waals surface area contributed by atoms with Crippen molar-refractivity contribution in [2.45, 2.75) is 20.8 Å².